The number of guanidine groups is 1. The summed E-state index contributed by atoms with van der Waals surface area (Å²) >= 11 is 3.71. The first-order valence-corrected chi connectivity index (χ1v) is 11.5. The van der Waals surface area contributed by atoms with Crippen LogP contribution in [0.3, 0.4) is 0 Å². The second-order valence-electron chi connectivity index (χ2n) is 7.27. The first kappa shape index (κ1) is 23.1. The maximum Gasteiger partial charge on any atom is 0.192 e. The minimum absolute atomic E-state index is 0. The maximum atomic E-state index is 4.77. The monoisotopic (exact) mass is 554 g/mol. The third-order valence-corrected chi connectivity index (χ3v) is 7.40. The van der Waals surface area contributed by atoms with E-state index in [0.717, 1.165) is 30.7 Å². The van der Waals surface area contributed by atoms with Crippen LogP contribution < -0.4 is 10.6 Å². The van der Waals surface area contributed by atoms with Crippen LogP contribution in [0.25, 0.3) is 0 Å². The van der Waals surface area contributed by atoms with Crippen molar-refractivity contribution in [3.8, 4) is 0 Å². The molecule has 0 atom stereocenters. The van der Waals surface area contributed by atoms with Crippen LogP contribution in [-0.2, 0) is 20.1 Å². The molecule has 30 heavy (non-hydrogen) atoms. The Labute approximate surface area is 203 Å². The van der Waals surface area contributed by atoms with Crippen molar-refractivity contribution in [3.63, 3.8) is 0 Å². The molecule has 1 aliphatic carbocycles. The second-order valence-corrected chi connectivity index (χ2v) is 9.85. The maximum absolute atomic E-state index is 4.77. The number of thiophene rings is 1. The largest absolute Gasteiger partial charge is 0.355 e. The molecule has 0 bridgehead atoms. The number of hydrogen-bond acceptors (Lipinski definition) is 5. The van der Waals surface area contributed by atoms with Gasteiger partial charge < -0.3 is 15.2 Å². The summed E-state index contributed by atoms with van der Waals surface area (Å²) in [4.78, 5) is 7.38. The Morgan fingerprint density at radius 1 is 1.17 bits per heavy atom. The molecule has 1 aliphatic rings. The van der Waals surface area contributed by atoms with Crippen LogP contribution in [0.4, 0.5) is 0 Å². The highest BCUT2D eigenvalue weighted by atomic mass is 127. The Bertz CT molecular complexity index is 951. The lowest BCUT2D eigenvalue weighted by Gasteiger charge is -2.18. The number of hydrogen-bond donors (Lipinski definition) is 2. The highest BCUT2D eigenvalue weighted by Gasteiger charge is 2.43. The van der Waals surface area contributed by atoms with Gasteiger partial charge in [0.2, 0.25) is 0 Å². The molecule has 0 saturated heterocycles. The van der Waals surface area contributed by atoms with Gasteiger partial charge in [0.05, 0.1) is 6.54 Å². The lowest BCUT2D eigenvalue weighted by molar-refractivity contribution is 0.739. The molecule has 6 nitrogen and oxygen atoms in total. The van der Waals surface area contributed by atoms with Crippen molar-refractivity contribution < 1.29 is 0 Å². The normalized spacial score (nSPS) is 14.8. The molecule has 160 valence electrons. The average Bonchev–Trinajstić information content (AvgIpc) is 3.14. The number of aryl methyl sites for hydroxylation is 1. The minimum atomic E-state index is 0. The molecule has 0 radical (unpaired) electrons. The van der Waals surface area contributed by atoms with Gasteiger partial charge in [0.15, 0.2) is 11.8 Å². The van der Waals surface area contributed by atoms with Crippen molar-refractivity contribution in [2.75, 3.05) is 6.54 Å². The number of rotatable bonds is 8. The van der Waals surface area contributed by atoms with Crippen LogP contribution in [-0.4, -0.2) is 32.0 Å². The summed E-state index contributed by atoms with van der Waals surface area (Å²) in [6.45, 7) is 4.10. The van der Waals surface area contributed by atoms with Gasteiger partial charge in [0, 0.05) is 28.1 Å². The van der Waals surface area contributed by atoms with Crippen LogP contribution >= 0.6 is 47.1 Å². The molecule has 0 unspecified atom stereocenters. The van der Waals surface area contributed by atoms with E-state index in [1.807, 2.05) is 30.3 Å². The third kappa shape index (κ3) is 6.21. The average molecular weight is 555 g/mol. The third-order valence-electron chi connectivity index (χ3n) is 5.03. The van der Waals surface area contributed by atoms with Crippen molar-refractivity contribution in [2.24, 2.45) is 12.0 Å². The smallest absolute Gasteiger partial charge is 0.192 e. The molecule has 9 heteroatoms. The van der Waals surface area contributed by atoms with Crippen LogP contribution in [0.2, 0.25) is 0 Å². The first-order valence-electron chi connectivity index (χ1n) is 9.77. The van der Waals surface area contributed by atoms with Crippen molar-refractivity contribution >= 4 is 53.0 Å². The SMILES string of the molecule is Cc1nnc(CN=C(NCc2cccs2)NCC2(Sc3ccccc3)CC2)n1C.I. The quantitative estimate of drug-likeness (QED) is 0.246. The van der Waals surface area contributed by atoms with Gasteiger partial charge in [-0.3, -0.25) is 0 Å². The predicted molar refractivity (Wildman–Crippen MR) is 136 cm³/mol. The number of nitrogens with one attached hydrogen (secondary N) is 2. The van der Waals surface area contributed by atoms with Gasteiger partial charge >= 0.3 is 0 Å². The second kappa shape index (κ2) is 10.6. The topological polar surface area (TPSA) is 67.1 Å². The highest BCUT2D eigenvalue weighted by Crippen LogP contribution is 2.51. The summed E-state index contributed by atoms with van der Waals surface area (Å²) in [5.74, 6) is 2.57. The first-order chi connectivity index (χ1) is 14.1. The van der Waals surface area contributed by atoms with Crippen molar-refractivity contribution in [1.29, 1.82) is 0 Å². The molecule has 0 amide bonds. The fourth-order valence-corrected chi connectivity index (χ4v) is 4.82. The van der Waals surface area contributed by atoms with E-state index in [1.54, 1.807) is 11.3 Å². The Morgan fingerprint density at radius 2 is 1.97 bits per heavy atom. The van der Waals surface area contributed by atoms with Gasteiger partial charge in [-0.2, -0.15) is 0 Å². The molecule has 3 aromatic rings. The van der Waals surface area contributed by atoms with E-state index in [1.165, 1.54) is 22.6 Å². The fraction of sp³-hybridized carbons (Fsp3) is 0.381. The van der Waals surface area contributed by atoms with Gasteiger partial charge in [-0.1, -0.05) is 24.3 Å². The van der Waals surface area contributed by atoms with Gasteiger partial charge in [-0.05, 0) is 43.3 Å². The highest BCUT2D eigenvalue weighted by molar-refractivity contribution is 14.0. The van der Waals surface area contributed by atoms with Crippen LogP contribution in [0.5, 0.6) is 0 Å². The van der Waals surface area contributed by atoms with E-state index in [-0.39, 0.29) is 28.7 Å². The Morgan fingerprint density at radius 3 is 2.60 bits per heavy atom. The summed E-state index contributed by atoms with van der Waals surface area (Å²) in [7, 11) is 1.97. The zero-order valence-electron chi connectivity index (χ0n) is 17.2. The number of aliphatic imine (C=N–C) groups is 1. The predicted octanol–water partition coefficient (Wildman–Crippen LogP) is 4.36. The standard InChI is InChI=1S/C21H26N6S2.HI/c1-16-25-26-19(27(16)2)14-23-20(22-13-18-9-6-12-28-18)24-15-21(10-11-21)29-17-7-4-3-5-8-17;/h3-9,12H,10-11,13-15H2,1-2H3,(H2,22,23,24);1H. The van der Waals surface area contributed by atoms with E-state index in [0.29, 0.717) is 6.54 Å². The number of aromatic nitrogens is 3. The molecule has 2 N–H and O–H groups in total. The molecular weight excluding hydrogens is 527 g/mol. The summed E-state index contributed by atoms with van der Waals surface area (Å²) in [6.07, 6.45) is 2.44. The molecule has 2 heterocycles. The number of nitrogens with zero attached hydrogens (tertiary/aromatic N) is 4. The van der Waals surface area contributed by atoms with E-state index in [9.17, 15) is 0 Å². The van der Waals surface area contributed by atoms with Crippen molar-refractivity contribution in [3.05, 3.63) is 64.4 Å². The summed E-state index contributed by atoms with van der Waals surface area (Å²) in [5.41, 5.74) is 0. The fourth-order valence-electron chi connectivity index (χ4n) is 2.93. The van der Waals surface area contributed by atoms with E-state index in [2.05, 4.69) is 68.7 Å². The van der Waals surface area contributed by atoms with Crippen LogP contribution in [0, 0.1) is 6.92 Å². The lowest BCUT2D eigenvalue weighted by Crippen LogP contribution is -2.41. The van der Waals surface area contributed by atoms with Crippen LogP contribution in [0.15, 0.2) is 57.7 Å². The molecule has 1 fully saturated rings. The van der Waals surface area contributed by atoms with Gasteiger partial charge in [0.25, 0.3) is 0 Å². The van der Waals surface area contributed by atoms with E-state index < -0.39 is 0 Å². The summed E-state index contributed by atoms with van der Waals surface area (Å²) in [6, 6.07) is 14.8. The Kier molecular flexibility index (Phi) is 8.18. The van der Waals surface area contributed by atoms with Gasteiger partial charge in [-0.25, -0.2) is 4.99 Å². The number of benzene rings is 1. The number of thioether (sulfide) groups is 1. The van der Waals surface area contributed by atoms with E-state index in [4.69, 9.17) is 4.99 Å². The molecule has 4 rings (SSSR count). The van der Waals surface area contributed by atoms with Gasteiger partial charge in [-0.15, -0.1) is 57.3 Å². The zero-order valence-corrected chi connectivity index (χ0v) is 21.1. The van der Waals surface area contributed by atoms with Crippen molar-refractivity contribution in [1.82, 2.24) is 25.4 Å². The molecular formula is C21H27IN6S2. The summed E-state index contributed by atoms with van der Waals surface area (Å²) < 4.78 is 2.24. The molecule has 0 spiro atoms. The Hall–Kier alpha value is -1.59. The van der Waals surface area contributed by atoms with Crippen molar-refractivity contribution in [2.45, 2.75) is 42.5 Å². The van der Waals surface area contributed by atoms with Gasteiger partial charge in [0.1, 0.15) is 12.4 Å². The summed E-state index contributed by atoms with van der Waals surface area (Å²) in [5, 5.41) is 17.5. The Balaban J connectivity index is 0.00000256. The zero-order chi connectivity index (χ0) is 20.1. The molecule has 2 aromatic heterocycles. The molecule has 1 aromatic carbocycles. The molecule has 1 saturated carbocycles. The minimum Gasteiger partial charge on any atom is -0.355 e. The van der Waals surface area contributed by atoms with Crippen LogP contribution in [0.1, 0.15) is 29.4 Å². The lowest BCUT2D eigenvalue weighted by atomic mass is 10.4. The number of halogens is 1. The molecule has 0 aliphatic heterocycles. The van der Waals surface area contributed by atoms with E-state index >= 15 is 0 Å².